The molecule has 2 aromatic carbocycles. The fourth-order valence-corrected chi connectivity index (χ4v) is 20.6. The van der Waals surface area contributed by atoms with E-state index in [1.54, 1.807) is 17.7 Å². The second-order valence-electron chi connectivity index (χ2n) is 10.1. The molecule has 0 bridgehead atoms. The van der Waals surface area contributed by atoms with Crippen LogP contribution in [0.3, 0.4) is 0 Å². The van der Waals surface area contributed by atoms with Crippen LogP contribution in [0.2, 0.25) is 9.26 Å². The molecule has 0 unspecified atom stereocenters. The van der Waals surface area contributed by atoms with Gasteiger partial charge in [-0.05, 0) is 0 Å². The zero-order valence-electron chi connectivity index (χ0n) is 17.6. The summed E-state index contributed by atoms with van der Waals surface area (Å²) in [7, 11) is 0. The predicted molar refractivity (Wildman–Crippen MR) is 129 cm³/mol. The van der Waals surface area contributed by atoms with Crippen molar-refractivity contribution in [2.75, 3.05) is 0 Å². The van der Waals surface area contributed by atoms with Crippen molar-refractivity contribution in [3.8, 4) is 11.1 Å². The van der Waals surface area contributed by atoms with E-state index < -0.39 is 15.7 Å². The summed E-state index contributed by atoms with van der Waals surface area (Å²) in [6.45, 7) is 7.03. The predicted octanol–water partition coefficient (Wildman–Crippen LogP) is 6.32. The van der Waals surface area contributed by atoms with Gasteiger partial charge in [0.15, 0.2) is 0 Å². The van der Waals surface area contributed by atoms with E-state index in [0.717, 1.165) is 6.42 Å². The molecule has 0 nitrogen and oxygen atoms in total. The van der Waals surface area contributed by atoms with E-state index >= 15 is 0 Å². The van der Waals surface area contributed by atoms with Crippen LogP contribution in [-0.4, -0.2) is 12.1 Å². The summed E-state index contributed by atoms with van der Waals surface area (Å²) in [5.41, 5.74) is 7.91. The Labute approximate surface area is 188 Å². The van der Waals surface area contributed by atoms with Crippen LogP contribution in [0.4, 0.5) is 0 Å². The van der Waals surface area contributed by atoms with Gasteiger partial charge in [0.2, 0.25) is 0 Å². The Balaban J connectivity index is 0.00000140. The summed E-state index contributed by atoms with van der Waals surface area (Å²) in [4.78, 5) is 0. The van der Waals surface area contributed by atoms with Crippen LogP contribution in [0.1, 0.15) is 38.3 Å². The minimum atomic E-state index is -3.08. The smallest absolute Gasteiger partial charge is 0.147 e. The third-order valence-electron chi connectivity index (χ3n) is 6.48. The second-order valence-corrected chi connectivity index (χ2v) is 52.6. The van der Waals surface area contributed by atoms with Crippen LogP contribution >= 0.6 is 24.8 Å². The van der Waals surface area contributed by atoms with Crippen LogP contribution in [0.25, 0.3) is 11.1 Å². The summed E-state index contributed by atoms with van der Waals surface area (Å²) in [6, 6.07) is 16.1. The molecule has 0 aliphatic heterocycles. The van der Waals surface area contributed by atoms with E-state index in [2.05, 4.69) is 84.7 Å². The van der Waals surface area contributed by atoms with Gasteiger partial charge in [-0.3, -0.25) is 0 Å². The largest absolute Gasteiger partial charge is 0.147 e. The van der Waals surface area contributed by atoms with Gasteiger partial charge in [-0.2, -0.15) is 0 Å². The minimum absolute atomic E-state index is 0. The molecule has 0 fully saturated rings. The molecule has 2 aliphatic carbocycles. The Kier molecular flexibility index (Phi) is 6.81. The Morgan fingerprint density at radius 3 is 2.18 bits per heavy atom. The zero-order valence-corrected chi connectivity index (χ0v) is 24.7. The molecular formula is C24H32Cl2GeZr. The number of hydrogen-bond acceptors (Lipinski definition) is 0. The first kappa shape index (κ1) is 24.2. The van der Waals surface area contributed by atoms with E-state index in [9.17, 15) is 0 Å². The van der Waals surface area contributed by atoms with E-state index in [-0.39, 0.29) is 30.2 Å². The fraction of sp³-hybridized carbons (Fsp3) is 0.333. The molecule has 4 rings (SSSR count). The zero-order chi connectivity index (χ0) is 18.8. The Morgan fingerprint density at radius 2 is 1.54 bits per heavy atom. The molecule has 28 heavy (non-hydrogen) atoms. The van der Waals surface area contributed by atoms with Crippen molar-refractivity contribution < 1.29 is 15.7 Å². The number of hydrogen-bond donors (Lipinski definition) is 0. The number of allylic oxidation sites excluding steroid dienone is 4. The van der Waals surface area contributed by atoms with E-state index in [1.807, 2.05) is 0 Å². The first-order valence-corrected chi connectivity index (χ1v) is 27.6. The maximum atomic E-state index is 2.69. The fourth-order valence-electron chi connectivity index (χ4n) is 4.69. The molecule has 0 N–H and O–H groups in total. The van der Waals surface area contributed by atoms with Crippen molar-refractivity contribution in [1.82, 2.24) is 0 Å². The molecule has 4 heteroatoms. The van der Waals surface area contributed by atoms with Crippen molar-refractivity contribution in [2.45, 2.75) is 42.9 Å². The van der Waals surface area contributed by atoms with Crippen LogP contribution in [0, 0.1) is 5.41 Å². The van der Waals surface area contributed by atoms with E-state index in [0.29, 0.717) is 0 Å². The van der Waals surface area contributed by atoms with Crippen LogP contribution in [-0.2, 0) is 22.1 Å². The number of rotatable bonds is 2. The third kappa shape index (κ3) is 3.94. The Hall–Kier alpha value is -0.0740. The molecule has 2 aromatic rings. The summed E-state index contributed by atoms with van der Waals surface area (Å²) in [5, 5.41) is 0. The van der Waals surface area contributed by atoms with Crippen LogP contribution in [0.15, 0.2) is 63.5 Å². The number of fused-ring (bicyclic) bond motifs is 3. The van der Waals surface area contributed by atoms with Crippen molar-refractivity contribution in [3.63, 3.8) is 0 Å². The van der Waals surface area contributed by atoms with Gasteiger partial charge in [-0.25, -0.2) is 0 Å². The quantitative estimate of drug-likeness (QED) is 0.325. The van der Waals surface area contributed by atoms with Gasteiger partial charge in [0.25, 0.3) is 0 Å². The number of halogens is 2. The average molecular weight is 555 g/mol. The molecule has 0 saturated carbocycles. The second kappa shape index (κ2) is 7.88. The summed E-state index contributed by atoms with van der Waals surface area (Å²) in [5.74, 6) is 0. The molecule has 0 amide bonds. The van der Waals surface area contributed by atoms with Crippen molar-refractivity contribution in [3.05, 3.63) is 74.6 Å². The van der Waals surface area contributed by atoms with Gasteiger partial charge >= 0.3 is 165 Å². The monoisotopic (exact) mass is 554 g/mol. The first-order chi connectivity index (χ1) is 12.1. The molecule has 150 valence electrons. The maximum Gasteiger partial charge on any atom is -0.147 e. The SMILES string of the molecule is CC(C)(C)C1=CC[C]([Zr]([CH3])([CH3])(=[GeH2])[c]2cccc3c2Cc2ccccc2-3)=C1.Cl.Cl. The molecule has 0 heterocycles. The van der Waals surface area contributed by atoms with E-state index in [4.69, 9.17) is 0 Å². The number of benzene rings is 2. The van der Waals surface area contributed by atoms with Gasteiger partial charge in [0, 0.05) is 0 Å². The standard InChI is InChI=1S/C13H9.C9H13.2CH3.2ClH.GeH2.Zr/c1-3-7-12-10(5-1)9-11-6-2-4-8-13(11)12;1-9(2,3)8-6-4-5-7-8;;;;;;/h1-5,7-8H,9H2;6-7H,4H2,1-3H3;2*1H3;2*1H;1H2;. The van der Waals surface area contributed by atoms with Gasteiger partial charge < -0.3 is 0 Å². The Bertz CT molecular complexity index is 1050. The van der Waals surface area contributed by atoms with Gasteiger partial charge in [-0.15, -0.1) is 24.8 Å². The van der Waals surface area contributed by atoms with Crippen molar-refractivity contribution in [2.24, 2.45) is 5.41 Å². The molecule has 2 aliphatic rings. The minimum Gasteiger partial charge on any atom is -0.147 e. The topological polar surface area (TPSA) is 0 Å². The molecular weight excluding hydrogens is 523 g/mol. The normalized spacial score (nSPS) is 15.6. The molecule has 0 radical (unpaired) electrons. The molecule has 0 saturated heterocycles. The maximum absolute atomic E-state index is 3.08. The Morgan fingerprint density at radius 1 is 0.893 bits per heavy atom. The molecule has 0 atom stereocenters. The summed E-state index contributed by atoms with van der Waals surface area (Å²) < 4.78 is 8.91. The van der Waals surface area contributed by atoms with Crippen LogP contribution < -0.4 is 3.27 Å². The summed E-state index contributed by atoms with van der Waals surface area (Å²) in [6.07, 6.45) is 7.40. The average Bonchev–Trinajstić information content (AvgIpc) is 3.19. The van der Waals surface area contributed by atoms with Crippen LogP contribution in [0.5, 0.6) is 0 Å². The van der Waals surface area contributed by atoms with Gasteiger partial charge in [-0.1, -0.05) is 0 Å². The van der Waals surface area contributed by atoms with E-state index in [1.165, 1.54) is 35.3 Å². The van der Waals surface area contributed by atoms with Crippen molar-refractivity contribution in [1.29, 1.82) is 0 Å². The summed E-state index contributed by atoms with van der Waals surface area (Å²) >= 11 is -1.65. The molecule has 0 aromatic heterocycles. The first-order valence-electron chi connectivity index (χ1n) is 9.76. The van der Waals surface area contributed by atoms with Gasteiger partial charge in [0.1, 0.15) is 0 Å². The van der Waals surface area contributed by atoms with Gasteiger partial charge in [0.05, 0.1) is 0 Å². The third-order valence-corrected chi connectivity index (χ3v) is 28.2. The van der Waals surface area contributed by atoms with Crippen molar-refractivity contribution >= 4 is 40.2 Å². The molecule has 0 spiro atoms.